The molecular formula is C14H21NOS2. The van der Waals surface area contributed by atoms with Crippen LogP contribution in [-0.2, 0) is 20.8 Å². The summed E-state index contributed by atoms with van der Waals surface area (Å²) in [4.78, 5) is 0. The van der Waals surface area contributed by atoms with E-state index in [1.54, 1.807) is 0 Å². The Morgan fingerprint density at radius 1 is 1.39 bits per heavy atom. The number of rotatable bonds is 5. The summed E-state index contributed by atoms with van der Waals surface area (Å²) in [5.41, 5.74) is 1.34. The van der Waals surface area contributed by atoms with E-state index in [2.05, 4.69) is 36.8 Å². The molecule has 2 nitrogen and oxygen atoms in total. The maximum absolute atomic E-state index is 5.98. The van der Waals surface area contributed by atoms with Gasteiger partial charge in [0.15, 0.2) is 0 Å². The summed E-state index contributed by atoms with van der Waals surface area (Å²) in [7, 11) is -0.0878. The third-order valence-corrected chi connectivity index (χ3v) is 4.21. The molecule has 1 aliphatic carbocycles. The maximum Gasteiger partial charge on any atom is 0.120 e. The number of hydrogen-bond acceptors (Lipinski definition) is 2. The van der Waals surface area contributed by atoms with Gasteiger partial charge in [-0.05, 0) is 41.1 Å². The van der Waals surface area contributed by atoms with Crippen LogP contribution in [0.2, 0.25) is 0 Å². The Morgan fingerprint density at radius 2 is 2.11 bits per heavy atom. The van der Waals surface area contributed by atoms with Gasteiger partial charge in [0.1, 0.15) is 11.9 Å². The van der Waals surface area contributed by atoms with E-state index in [9.17, 15) is 0 Å². The first-order valence-corrected chi connectivity index (χ1v) is 8.96. The van der Waals surface area contributed by atoms with Crippen LogP contribution in [0.15, 0.2) is 24.3 Å². The van der Waals surface area contributed by atoms with Crippen molar-refractivity contribution in [2.75, 3.05) is 6.26 Å². The molecule has 0 spiro atoms. The van der Waals surface area contributed by atoms with Gasteiger partial charge in [-0.15, -0.1) is 0 Å². The average Bonchev–Trinajstić information content (AvgIpc) is 2.26. The van der Waals surface area contributed by atoms with Crippen molar-refractivity contribution in [2.45, 2.75) is 44.8 Å². The third-order valence-electron chi connectivity index (χ3n) is 3.25. The van der Waals surface area contributed by atoms with Gasteiger partial charge in [-0.25, -0.2) is 0 Å². The molecule has 0 heterocycles. The highest BCUT2D eigenvalue weighted by Gasteiger charge is 2.30. The number of hydrogen-bond donors (Lipinski definition) is 1. The molecule has 1 aromatic rings. The first-order chi connectivity index (χ1) is 8.54. The van der Waals surface area contributed by atoms with Crippen LogP contribution in [0.5, 0.6) is 5.75 Å². The van der Waals surface area contributed by atoms with Gasteiger partial charge in [-0.2, -0.15) is 0 Å². The van der Waals surface area contributed by atoms with Gasteiger partial charge in [-0.3, -0.25) is 4.72 Å². The first kappa shape index (κ1) is 14.0. The fraction of sp³-hybridized carbons (Fsp3) is 0.571. The molecule has 18 heavy (non-hydrogen) atoms. The Bertz CT molecular complexity index is 428. The van der Waals surface area contributed by atoms with Crippen LogP contribution in [0.3, 0.4) is 0 Å². The molecule has 1 fully saturated rings. The van der Waals surface area contributed by atoms with Crippen molar-refractivity contribution in [3.05, 3.63) is 29.8 Å². The molecule has 1 saturated carbocycles. The van der Waals surface area contributed by atoms with Crippen LogP contribution in [-0.4, -0.2) is 18.4 Å². The smallest absolute Gasteiger partial charge is 0.120 e. The summed E-state index contributed by atoms with van der Waals surface area (Å²) in [6.07, 6.45) is 4.53. The lowest BCUT2D eigenvalue weighted by Crippen LogP contribution is -2.46. The predicted molar refractivity (Wildman–Crippen MR) is 81.8 cm³/mol. The summed E-state index contributed by atoms with van der Waals surface area (Å²) in [5.74, 6) is 1.55. The number of nitrogens with one attached hydrogen (secondary N) is 1. The van der Waals surface area contributed by atoms with Crippen molar-refractivity contribution in [3.8, 4) is 5.75 Å². The molecule has 1 N–H and O–H groups in total. The molecule has 0 aromatic heterocycles. The molecule has 100 valence electrons. The van der Waals surface area contributed by atoms with Crippen LogP contribution in [0.25, 0.3) is 0 Å². The highest BCUT2D eigenvalue weighted by atomic mass is 32.8. The Balaban J connectivity index is 1.85. The number of benzene rings is 1. The summed E-state index contributed by atoms with van der Waals surface area (Å²) in [5, 5.41) is 0. The predicted octanol–water partition coefficient (Wildman–Crippen LogP) is 2.93. The standard InChI is InChI=1S/C14H21NOS2/c1-10(2)11-5-4-6-13(7-11)16-14-8-12(9-14)15-18(3)17/h4-7,10,12,14-15H,8-9H2,1-3H3. The molecular weight excluding hydrogens is 262 g/mol. The van der Waals surface area contributed by atoms with Crippen molar-refractivity contribution in [2.24, 2.45) is 0 Å². The molecule has 1 aromatic carbocycles. The Labute approximate surface area is 117 Å². The van der Waals surface area contributed by atoms with Crippen molar-refractivity contribution in [1.29, 1.82) is 0 Å². The Morgan fingerprint density at radius 3 is 2.72 bits per heavy atom. The lowest BCUT2D eigenvalue weighted by Gasteiger charge is -2.35. The fourth-order valence-corrected chi connectivity index (χ4v) is 3.20. The topological polar surface area (TPSA) is 21.3 Å². The molecule has 0 saturated heterocycles. The van der Waals surface area contributed by atoms with Crippen molar-refractivity contribution < 1.29 is 4.74 Å². The van der Waals surface area contributed by atoms with Crippen LogP contribution >= 0.6 is 0 Å². The van der Waals surface area contributed by atoms with E-state index < -0.39 is 0 Å². The maximum atomic E-state index is 5.98. The summed E-state index contributed by atoms with van der Waals surface area (Å²) in [6, 6.07) is 8.98. The average molecular weight is 283 g/mol. The van der Waals surface area contributed by atoms with Gasteiger partial charge in [0.25, 0.3) is 0 Å². The second-order valence-corrected chi connectivity index (χ2v) is 7.85. The number of ether oxygens (including phenoxy) is 1. The van der Waals surface area contributed by atoms with E-state index in [4.69, 9.17) is 15.9 Å². The second-order valence-electron chi connectivity index (χ2n) is 5.21. The van der Waals surface area contributed by atoms with E-state index in [0.717, 1.165) is 18.6 Å². The highest BCUT2D eigenvalue weighted by molar-refractivity contribution is 8.27. The first-order valence-electron chi connectivity index (χ1n) is 6.41. The van der Waals surface area contributed by atoms with E-state index in [-0.39, 0.29) is 9.64 Å². The van der Waals surface area contributed by atoms with E-state index in [1.807, 2.05) is 12.3 Å². The summed E-state index contributed by atoms with van der Waals surface area (Å²) < 4.78 is 9.37. The zero-order valence-corrected chi connectivity index (χ0v) is 12.8. The van der Waals surface area contributed by atoms with Gasteiger partial charge in [0.2, 0.25) is 0 Å². The summed E-state index contributed by atoms with van der Waals surface area (Å²) in [6.45, 7) is 4.41. The highest BCUT2D eigenvalue weighted by Crippen LogP contribution is 2.27. The third kappa shape index (κ3) is 3.77. The second kappa shape index (κ2) is 6.13. The molecule has 0 radical (unpaired) electrons. The van der Waals surface area contributed by atoms with Crippen molar-refractivity contribution >= 4 is 20.8 Å². The minimum atomic E-state index is -0.0878. The zero-order valence-electron chi connectivity index (χ0n) is 11.2. The van der Waals surface area contributed by atoms with Crippen LogP contribution in [0.1, 0.15) is 38.2 Å². The quantitative estimate of drug-likeness (QED) is 0.898. The van der Waals surface area contributed by atoms with Crippen molar-refractivity contribution in [3.63, 3.8) is 0 Å². The van der Waals surface area contributed by atoms with Gasteiger partial charge in [0, 0.05) is 18.9 Å². The van der Waals surface area contributed by atoms with Crippen molar-refractivity contribution in [1.82, 2.24) is 4.72 Å². The molecule has 4 heteroatoms. The molecule has 0 bridgehead atoms. The van der Waals surface area contributed by atoms with E-state index >= 15 is 0 Å². The zero-order chi connectivity index (χ0) is 13.1. The minimum absolute atomic E-state index is 0.0878. The van der Waals surface area contributed by atoms with Gasteiger partial charge in [-0.1, -0.05) is 35.6 Å². The monoisotopic (exact) mass is 283 g/mol. The van der Waals surface area contributed by atoms with Gasteiger partial charge < -0.3 is 4.74 Å². The lowest BCUT2D eigenvalue weighted by atomic mass is 9.90. The van der Waals surface area contributed by atoms with Crippen LogP contribution < -0.4 is 9.46 Å². The summed E-state index contributed by atoms with van der Waals surface area (Å²) >= 11 is 5.15. The molecule has 1 unspecified atom stereocenters. The molecule has 1 atom stereocenters. The van der Waals surface area contributed by atoms with Crippen LogP contribution in [0.4, 0.5) is 0 Å². The van der Waals surface area contributed by atoms with E-state index in [0.29, 0.717) is 18.1 Å². The van der Waals surface area contributed by atoms with E-state index in [1.165, 1.54) is 5.56 Å². The van der Waals surface area contributed by atoms with Gasteiger partial charge in [0.05, 0.1) is 0 Å². The lowest BCUT2D eigenvalue weighted by molar-refractivity contribution is 0.0954. The fourth-order valence-electron chi connectivity index (χ4n) is 2.13. The largest absolute Gasteiger partial charge is 0.490 e. The van der Waals surface area contributed by atoms with Gasteiger partial charge >= 0.3 is 0 Å². The minimum Gasteiger partial charge on any atom is -0.490 e. The van der Waals surface area contributed by atoms with Crippen LogP contribution in [0, 0.1) is 0 Å². The molecule has 0 aliphatic heterocycles. The Hall–Kier alpha value is -0.450. The normalized spacial score (nSPS) is 24.7. The molecule has 0 amide bonds. The Kier molecular flexibility index (Phi) is 4.76. The molecule has 2 rings (SSSR count). The SMILES string of the molecule is CC(C)c1cccc(OC2CC(NS(C)=S)C2)c1. The molecule has 1 aliphatic rings.